The van der Waals surface area contributed by atoms with Crippen molar-refractivity contribution in [2.45, 2.75) is 39.2 Å². The van der Waals surface area contributed by atoms with E-state index in [1.54, 1.807) is 12.1 Å². The second-order valence-corrected chi connectivity index (χ2v) is 4.69. The topological polar surface area (TPSA) is 20.2 Å². The van der Waals surface area contributed by atoms with Gasteiger partial charge in [-0.15, -0.1) is 0 Å². The van der Waals surface area contributed by atoms with Gasteiger partial charge in [-0.3, -0.25) is 0 Å². The molecule has 2 atom stereocenters. The predicted octanol–water partition coefficient (Wildman–Crippen LogP) is 3.82. The van der Waals surface area contributed by atoms with E-state index in [2.05, 4.69) is 6.92 Å². The molecule has 0 aromatic heterocycles. The van der Waals surface area contributed by atoms with Crippen molar-refractivity contribution in [1.82, 2.24) is 0 Å². The van der Waals surface area contributed by atoms with Crippen molar-refractivity contribution in [3.8, 4) is 0 Å². The zero-order chi connectivity index (χ0) is 12.1. The van der Waals surface area contributed by atoms with Crippen molar-refractivity contribution in [3.05, 3.63) is 34.6 Å². The molecule has 0 aliphatic heterocycles. The first-order valence-corrected chi connectivity index (χ1v) is 6.04. The van der Waals surface area contributed by atoms with E-state index in [1.165, 1.54) is 6.07 Å². The number of aliphatic hydroxyl groups excluding tert-OH is 1. The van der Waals surface area contributed by atoms with E-state index in [9.17, 15) is 9.50 Å². The average Bonchev–Trinajstić information content (AvgIpc) is 2.24. The summed E-state index contributed by atoms with van der Waals surface area (Å²) < 4.78 is 12.9. The van der Waals surface area contributed by atoms with Crippen LogP contribution in [0.3, 0.4) is 0 Å². The maximum atomic E-state index is 12.9. The second-order valence-electron chi connectivity index (χ2n) is 4.29. The third kappa shape index (κ3) is 3.76. The minimum Gasteiger partial charge on any atom is -0.393 e. The number of hydrogen-bond donors (Lipinski definition) is 1. The van der Waals surface area contributed by atoms with Crippen molar-refractivity contribution >= 4 is 11.6 Å². The molecule has 3 heteroatoms. The summed E-state index contributed by atoms with van der Waals surface area (Å²) in [5.74, 6) is -0.157. The third-order valence-corrected chi connectivity index (χ3v) is 3.12. The molecule has 16 heavy (non-hydrogen) atoms. The Morgan fingerprint density at radius 1 is 1.44 bits per heavy atom. The van der Waals surface area contributed by atoms with Gasteiger partial charge in [-0.05, 0) is 36.5 Å². The van der Waals surface area contributed by atoms with E-state index in [0.717, 1.165) is 18.4 Å². The molecule has 0 aliphatic rings. The fourth-order valence-corrected chi connectivity index (χ4v) is 1.96. The van der Waals surface area contributed by atoms with Crippen LogP contribution in [0.1, 0.15) is 32.3 Å². The normalized spacial score (nSPS) is 14.8. The fraction of sp³-hybridized carbons (Fsp3) is 0.538. The van der Waals surface area contributed by atoms with E-state index < -0.39 is 5.82 Å². The summed E-state index contributed by atoms with van der Waals surface area (Å²) in [5.41, 5.74) is 0.877. The van der Waals surface area contributed by atoms with Crippen LogP contribution in [0, 0.1) is 11.7 Å². The fourth-order valence-electron chi connectivity index (χ4n) is 1.76. The molecule has 1 nitrogen and oxygen atoms in total. The van der Waals surface area contributed by atoms with Gasteiger partial charge >= 0.3 is 0 Å². The summed E-state index contributed by atoms with van der Waals surface area (Å²) in [7, 11) is 0. The first kappa shape index (κ1) is 13.5. The van der Waals surface area contributed by atoms with Gasteiger partial charge in [0.2, 0.25) is 0 Å². The zero-order valence-corrected chi connectivity index (χ0v) is 10.5. The number of benzene rings is 1. The highest BCUT2D eigenvalue weighted by Crippen LogP contribution is 2.20. The molecule has 0 radical (unpaired) electrons. The van der Waals surface area contributed by atoms with Crippen molar-refractivity contribution in [2.75, 3.05) is 0 Å². The smallest absolute Gasteiger partial charge is 0.141 e. The van der Waals surface area contributed by atoms with E-state index in [-0.39, 0.29) is 17.0 Å². The first-order valence-electron chi connectivity index (χ1n) is 5.66. The van der Waals surface area contributed by atoms with Gasteiger partial charge in [0.25, 0.3) is 0 Å². The summed E-state index contributed by atoms with van der Waals surface area (Å²) in [6.45, 7) is 4.12. The van der Waals surface area contributed by atoms with Crippen molar-refractivity contribution in [3.63, 3.8) is 0 Å². The van der Waals surface area contributed by atoms with Crippen LogP contribution in [0.4, 0.5) is 4.39 Å². The van der Waals surface area contributed by atoms with Crippen molar-refractivity contribution < 1.29 is 9.50 Å². The maximum Gasteiger partial charge on any atom is 0.141 e. The molecule has 0 saturated carbocycles. The standard InChI is InChI=1S/C13H18ClFO/c1-3-4-9(2)13(16)8-10-5-6-12(15)11(14)7-10/h5-7,9,13,16H,3-4,8H2,1-2H3. The highest BCUT2D eigenvalue weighted by Gasteiger charge is 2.14. The largest absolute Gasteiger partial charge is 0.393 e. The molecular formula is C13H18ClFO. The lowest BCUT2D eigenvalue weighted by atomic mass is 9.94. The molecule has 0 fully saturated rings. The lowest BCUT2D eigenvalue weighted by molar-refractivity contribution is 0.111. The van der Waals surface area contributed by atoms with Crippen LogP contribution in [-0.4, -0.2) is 11.2 Å². The van der Waals surface area contributed by atoms with Gasteiger partial charge < -0.3 is 5.11 Å². The summed E-state index contributed by atoms with van der Waals surface area (Å²) in [6.07, 6.45) is 2.20. The Balaban J connectivity index is 2.62. The van der Waals surface area contributed by atoms with Gasteiger partial charge in [-0.1, -0.05) is 37.9 Å². The van der Waals surface area contributed by atoms with Crippen LogP contribution in [0.25, 0.3) is 0 Å². The van der Waals surface area contributed by atoms with Crippen LogP contribution in [0.2, 0.25) is 5.02 Å². The number of aliphatic hydroxyl groups is 1. The Morgan fingerprint density at radius 3 is 2.69 bits per heavy atom. The molecule has 1 rings (SSSR count). The third-order valence-electron chi connectivity index (χ3n) is 2.83. The SMILES string of the molecule is CCCC(C)C(O)Cc1ccc(F)c(Cl)c1. The minimum absolute atomic E-state index is 0.118. The van der Waals surface area contributed by atoms with Crippen LogP contribution >= 0.6 is 11.6 Å². The predicted molar refractivity (Wildman–Crippen MR) is 65.2 cm³/mol. The zero-order valence-electron chi connectivity index (χ0n) is 9.71. The molecule has 2 unspecified atom stereocenters. The molecular weight excluding hydrogens is 227 g/mol. The first-order chi connectivity index (χ1) is 7.54. The van der Waals surface area contributed by atoms with Crippen molar-refractivity contribution in [1.29, 1.82) is 0 Å². The van der Waals surface area contributed by atoms with Gasteiger partial charge in [-0.25, -0.2) is 4.39 Å². The number of hydrogen-bond acceptors (Lipinski definition) is 1. The number of halogens is 2. The van der Waals surface area contributed by atoms with E-state index >= 15 is 0 Å². The van der Waals surface area contributed by atoms with Crippen LogP contribution in [0.5, 0.6) is 0 Å². The quantitative estimate of drug-likeness (QED) is 0.835. The Labute approximate surface area is 101 Å². The minimum atomic E-state index is -0.415. The highest BCUT2D eigenvalue weighted by molar-refractivity contribution is 6.30. The lowest BCUT2D eigenvalue weighted by Crippen LogP contribution is -2.20. The molecule has 0 amide bonds. The van der Waals surface area contributed by atoms with Crippen molar-refractivity contribution in [2.24, 2.45) is 5.92 Å². The van der Waals surface area contributed by atoms with E-state index in [1.807, 2.05) is 6.92 Å². The molecule has 90 valence electrons. The van der Waals surface area contributed by atoms with E-state index in [0.29, 0.717) is 6.42 Å². The van der Waals surface area contributed by atoms with Gasteiger partial charge in [0.15, 0.2) is 0 Å². The Kier molecular flexibility index (Phi) is 5.23. The van der Waals surface area contributed by atoms with Gasteiger partial charge in [0, 0.05) is 0 Å². The Bertz CT molecular complexity index is 341. The van der Waals surface area contributed by atoms with Crippen LogP contribution < -0.4 is 0 Å². The molecule has 1 aromatic carbocycles. The second kappa shape index (κ2) is 6.21. The molecule has 1 N–H and O–H groups in total. The lowest BCUT2D eigenvalue weighted by Gasteiger charge is -2.18. The van der Waals surface area contributed by atoms with Crippen LogP contribution in [0.15, 0.2) is 18.2 Å². The average molecular weight is 245 g/mol. The molecule has 0 heterocycles. The Hall–Kier alpha value is -0.600. The molecule has 0 saturated heterocycles. The molecule has 1 aromatic rings. The summed E-state index contributed by atoms with van der Waals surface area (Å²) in [4.78, 5) is 0. The molecule has 0 bridgehead atoms. The summed E-state index contributed by atoms with van der Waals surface area (Å²) in [5, 5.41) is 10.0. The monoisotopic (exact) mass is 244 g/mol. The molecule has 0 spiro atoms. The van der Waals surface area contributed by atoms with Gasteiger partial charge in [0.05, 0.1) is 11.1 Å². The summed E-state index contributed by atoms with van der Waals surface area (Å²) >= 11 is 5.68. The number of rotatable bonds is 5. The maximum absolute atomic E-state index is 12.9. The van der Waals surface area contributed by atoms with Crippen LogP contribution in [-0.2, 0) is 6.42 Å². The van der Waals surface area contributed by atoms with Gasteiger partial charge in [-0.2, -0.15) is 0 Å². The molecule has 0 aliphatic carbocycles. The van der Waals surface area contributed by atoms with Gasteiger partial charge in [0.1, 0.15) is 5.82 Å². The highest BCUT2D eigenvalue weighted by atomic mass is 35.5. The summed E-state index contributed by atoms with van der Waals surface area (Å²) in [6, 6.07) is 4.59. The van der Waals surface area contributed by atoms with E-state index in [4.69, 9.17) is 11.6 Å². The Morgan fingerprint density at radius 2 is 2.12 bits per heavy atom.